The van der Waals surface area contributed by atoms with Gasteiger partial charge in [-0.2, -0.15) is 9.41 Å². The molecule has 1 aliphatic heterocycles. The van der Waals surface area contributed by atoms with Gasteiger partial charge in [0, 0.05) is 24.0 Å². The Morgan fingerprint density at radius 3 is 2.32 bits per heavy atom. The number of thiazole rings is 1. The highest BCUT2D eigenvalue weighted by molar-refractivity contribution is 7.89. The zero-order valence-corrected chi connectivity index (χ0v) is 21.8. The van der Waals surface area contributed by atoms with E-state index in [9.17, 15) is 8.42 Å². The first-order valence-electron chi connectivity index (χ1n) is 11.6. The summed E-state index contributed by atoms with van der Waals surface area (Å²) in [6.45, 7) is 9.93. The molecule has 1 aliphatic rings. The van der Waals surface area contributed by atoms with Crippen molar-refractivity contribution in [3.63, 3.8) is 0 Å². The van der Waals surface area contributed by atoms with Crippen LogP contribution in [0.1, 0.15) is 51.7 Å². The van der Waals surface area contributed by atoms with Crippen molar-refractivity contribution in [3.8, 4) is 11.3 Å². The highest BCUT2D eigenvalue weighted by atomic mass is 32.2. The van der Waals surface area contributed by atoms with Gasteiger partial charge in [0.25, 0.3) is 0 Å². The molecule has 0 radical (unpaired) electrons. The summed E-state index contributed by atoms with van der Waals surface area (Å²) in [5, 5.41) is 6.92. The third-order valence-corrected chi connectivity index (χ3v) is 8.84. The van der Waals surface area contributed by atoms with Crippen LogP contribution in [0, 0.1) is 5.92 Å². The Hall–Kier alpha value is -2.55. The van der Waals surface area contributed by atoms with E-state index in [1.807, 2.05) is 17.5 Å². The first kappa shape index (κ1) is 24.6. The van der Waals surface area contributed by atoms with Crippen molar-refractivity contribution in [2.75, 3.05) is 18.5 Å². The largest absolute Gasteiger partial charge is 0.253 e. The third kappa shape index (κ3) is 5.74. The minimum Gasteiger partial charge on any atom is -0.253 e. The molecular weight excluding hydrogens is 464 g/mol. The number of hydrazone groups is 1. The molecule has 1 fully saturated rings. The van der Waals surface area contributed by atoms with Gasteiger partial charge < -0.3 is 0 Å². The average Bonchev–Trinajstić information content (AvgIpc) is 3.28. The Kier molecular flexibility index (Phi) is 7.21. The van der Waals surface area contributed by atoms with Crippen LogP contribution in [0.25, 0.3) is 11.3 Å². The molecule has 1 aromatic heterocycles. The SMILES string of the molecule is CC1CCN(S(=O)(=O)c2ccc(-c3csc(NN=Cc4ccc(C(C)(C)C)cc4)n3)cc2)CC1. The van der Waals surface area contributed by atoms with Crippen molar-refractivity contribution >= 4 is 32.7 Å². The molecule has 0 unspecified atom stereocenters. The lowest BCUT2D eigenvalue weighted by atomic mass is 9.87. The first-order valence-corrected chi connectivity index (χ1v) is 13.9. The monoisotopic (exact) mass is 496 g/mol. The van der Waals surface area contributed by atoms with Crippen LogP contribution >= 0.6 is 11.3 Å². The van der Waals surface area contributed by atoms with Gasteiger partial charge in [-0.25, -0.2) is 13.4 Å². The molecule has 8 heteroatoms. The Morgan fingerprint density at radius 2 is 1.71 bits per heavy atom. The Morgan fingerprint density at radius 1 is 1.06 bits per heavy atom. The van der Waals surface area contributed by atoms with E-state index in [0.717, 1.165) is 29.7 Å². The van der Waals surface area contributed by atoms with Gasteiger partial charge in [0.2, 0.25) is 15.2 Å². The van der Waals surface area contributed by atoms with Crippen LogP contribution in [-0.4, -0.2) is 37.0 Å². The molecule has 2 heterocycles. The maximum Gasteiger partial charge on any atom is 0.243 e. The van der Waals surface area contributed by atoms with Crippen LogP contribution in [0.5, 0.6) is 0 Å². The summed E-state index contributed by atoms with van der Waals surface area (Å²) in [6.07, 6.45) is 3.60. The second kappa shape index (κ2) is 9.98. The van der Waals surface area contributed by atoms with E-state index in [1.165, 1.54) is 16.9 Å². The number of rotatable bonds is 6. The Bertz CT molecular complexity index is 1230. The number of benzene rings is 2. The van der Waals surface area contributed by atoms with E-state index >= 15 is 0 Å². The predicted octanol–water partition coefficient (Wildman–Crippen LogP) is 5.97. The molecule has 0 atom stereocenters. The molecule has 0 saturated carbocycles. The lowest BCUT2D eigenvalue weighted by Crippen LogP contribution is -2.37. The van der Waals surface area contributed by atoms with E-state index in [-0.39, 0.29) is 5.41 Å². The number of aromatic nitrogens is 1. The molecule has 180 valence electrons. The minimum atomic E-state index is -3.44. The molecule has 0 spiro atoms. The number of piperidine rings is 1. The number of nitrogens with zero attached hydrogens (tertiary/aromatic N) is 3. The summed E-state index contributed by atoms with van der Waals surface area (Å²) in [6, 6.07) is 15.3. The van der Waals surface area contributed by atoms with Crippen molar-refractivity contribution in [2.45, 2.75) is 50.8 Å². The molecule has 6 nitrogen and oxygen atoms in total. The van der Waals surface area contributed by atoms with Gasteiger partial charge in [-0.05, 0) is 47.4 Å². The van der Waals surface area contributed by atoms with Gasteiger partial charge in [-0.15, -0.1) is 11.3 Å². The lowest BCUT2D eigenvalue weighted by molar-refractivity contribution is 0.288. The molecule has 0 amide bonds. The average molecular weight is 497 g/mol. The van der Waals surface area contributed by atoms with Crippen molar-refractivity contribution in [2.24, 2.45) is 11.0 Å². The molecular formula is C26H32N4O2S2. The quantitative estimate of drug-likeness (QED) is 0.337. The van der Waals surface area contributed by atoms with Gasteiger partial charge in [0.05, 0.1) is 16.8 Å². The molecule has 3 aromatic rings. The van der Waals surface area contributed by atoms with Crippen LogP contribution in [0.4, 0.5) is 5.13 Å². The number of nitrogens with one attached hydrogen (secondary N) is 1. The van der Waals surface area contributed by atoms with Crippen LogP contribution < -0.4 is 5.43 Å². The fraction of sp³-hybridized carbons (Fsp3) is 0.385. The Labute approximate surface area is 206 Å². The maximum atomic E-state index is 12.9. The van der Waals surface area contributed by atoms with E-state index in [4.69, 9.17) is 0 Å². The lowest BCUT2D eigenvalue weighted by Gasteiger charge is -2.29. The van der Waals surface area contributed by atoms with Gasteiger partial charge >= 0.3 is 0 Å². The summed E-state index contributed by atoms with van der Waals surface area (Å²) in [7, 11) is -3.44. The van der Waals surface area contributed by atoms with Gasteiger partial charge in [0.1, 0.15) is 0 Å². The number of sulfonamides is 1. The normalized spacial score (nSPS) is 16.2. The van der Waals surface area contributed by atoms with Gasteiger partial charge in [-0.1, -0.05) is 64.1 Å². The summed E-state index contributed by atoms with van der Waals surface area (Å²) in [5.74, 6) is 0.583. The predicted molar refractivity (Wildman–Crippen MR) is 141 cm³/mol. The highest BCUT2D eigenvalue weighted by Gasteiger charge is 2.28. The van der Waals surface area contributed by atoms with Crippen molar-refractivity contribution in [1.82, 2.24) is 9.29 Å². The summed E-state index contributed by atoms with van der Waals surface area (Å²) in [5.41, 5.74) is 7.06. The zero-order chi connectivity index (χ0) is 24.3. The fourth-order valence-electron chi connectivity index (χ4n) is 3.86. The fourth-order valence-corrected chi connectivity index (χ4v) is 6.00. The zero-order valence-electron chi connectivity index (χ0n) is 20.2. The summed E-state index contributed by atoms with van der Waals surface area (Å²) >= 11 is 1.46. The van der Waals surface area contributed by atoms with E-state index in [1.54, 1.807) is 22.7 Å². The molecule has 4 rings (SSSR count). The van der Waals surface area contributed by atoms with Crippen molar-refractivity contribution in [3.05, 3.63) is 65.0 Å². The highest BCUT2D eigenvalue weighted by Crippen LogP contribution is 2.28. The molecule has 0 aliphatic carbocycles. The smallest absolute Gasteiger partial charge is 0.243 e. The van der Waals surface area contributed by atoms with Crippen LogP contribution in [0.2, 0.25) is 0 Å². The van der Waals surface area contributed by atoms with Gasteiger partial charge in [-0.3, -0.25) is 5.43 Å². The molecule has 34 heavy (non-hydrogen) atoms. The summed E-state index contributed by atoms with van der Waals surface area (Å²) in [4.78, 5) is 4.92. The molecule has 1 saturated heterocycles. The third-order valence-electron chi connectivity index (χ3n) is 6.19. The molecule has 1 N–H and O–H groups in total. The second-order valence-corrected chi connectivity index (χ2v) is 12.7. The Balaban J connectivity index is 1.39. The van der Waals surface area contributed by atoms with E-state index in [2.05, 4.69) is 67.5 Å². The van der Waals surface area contributed by atoms with Crippen molar-refractivity contribution in [1.29, 1.82) is 0 Å². The summed E-state index contributed by atoms with van der Waals surface area (Å²) < 4.78 is 27.5. The number of hydrogen-bond donors (Lipinski definition) is 1. The maximum absolute atomic E-state index is 12.9. The van der Waals surface area contributed by atoms with Crippen LogP contribution in [-0.2, 0) is 15.4 Å². The van der Waals surface area contributed by atoms with Crippen LogP contribution in [0.3, 0.4) is 0 Å². The van der Waals surface area contributed by atoms with Gasteiger partial charge in [0.15, 0.2) is 0 Å². The molecule has 0 bridgehead atoms. The number of hydrogen-bond acceptors (Lipinski definition) is 6. The first-order chi connectivity index (χ1) is 16.1. The number of anilines is 1. The van der Waals surface area contributed by atoms with Crippen LogP contribution in [0.15, 0.2) is 63.9 Å². The minimum absolute atomic E-state index is 0.125. The van der Waals surface area contributed by atoms with E-state index in [0.29, 0.717) is 29.0 Å². The van der Waals surface area contributed by atoms with Crippen molar-refractivity contribution < 1.29 is 8.42 Å². The second-order valence-electron chi connectivity index (χ2n) is 9.89. The topological polar surface area (TPSA) is 74.7 Å². The van der Waals surface area contributed by atoms with E-state index < -0.39 is 10.0 Å². The molecule has 2 aromatic carbocycles. The standard InChI is InChI=1S/C26H32N4O2S2/c1-19-13-15-30(16-14-19)34(31,32)23-11-7-21(8-12-23)24-18-33-25(28-24)29-27-17-20-5-9-22(10-6-20)26(2,3)4/h5-12,17-19H,13-16H2,1-4H3,(H,28,29).